The number of hydrogen-bond acceptors (Lipinski definition) is 8. The lowest BCUT2D eigenvalue weighted by atomic mass is 9.60. The fraction of sp³-hybridized carbons (Fsp3) is 0.259. The van der Waals surface area contributed by atoms with Gasteiger partial charge in [0.05, 0.1) is 5.56 Å². The standard InChI is InChI=1S/C27H23NO8/c1-11(29)12-2-4-13(5-3-12)16-6-7-18(30)21-17(16)9-14-8-15-10-19(31)22(26(28)35)25(34)27(15,36)24(33)20(14)23(21)32/h2-7,14-15,30-31,33,36H,8-10H2,1H3,(H2,28,35)/t14-,15+,27+/m1/s1. The van der Waals surface area contributed by atoms with Crippen LogP contribution in [0, 0.1) is 11.8 Å². The van der Waals surface area contributed by atoms with Crippen LogP contribution in [0.2, 0.25) is 0 Å². The third kappa shape index (κ3) is 3.12. The van der Waals surface area contributed by atoms with Gasteiger partial charge >= 0.3 is 0 Å². The maximum absolute atomic E-state index is 13.6. The predicted octanol–water partition coefficient (Wildman–Crippen LogP) is 2.45. The van der Waals surface area contributed by atoms with Crippen molar-refractivity contribution in [3.63, 3.8) is 0 Å². The van der Waals surface area contributed by atoms with Crippen molar-refractivity contribution in [3.8, 4) is 16.9 Å². The largest absolute Gasteiger partial charge is 0.511 e. The highest BCUT2D eigenvalue weighted by Crippen LogP contribution is 2.52. The van der Waals surface area contributed by atoms with Crippen molar-refractivity contribution in [1.29, 1.82) is 0 Å². The lowest BCUT2D eigenvalue weighted by molar-refractivity contribution is -0.144. The Kier molecular flexibility index (Phi) is 5.15. The van der Waals surface area contributed by atoms with E-state index >= 15 is 0 Å². The minimum Gasteiger partial charge on any atom is -0.511 e. The molecule has 5 rings (SSSR count). The predicted molar refractivity (Wildman–Crippen MR) is 126 cm³/mol. The van der Waals surface area contributed by atoms with Crippen LogP contribution in [0.4, 0.5) is 0 Å². The van der Waals surface area contributed by atoms with E-state index in [4.69, 9.17) is 5.73 Å². The van der Waals surface area contributed by atoms with E-state index in [9.17, 15) is 39.6 Å². The van der Waals surface area contributed by atoms with Crippen molar-refractivity contribution in [2.75, 3.05) is 0 Å². The lowest BCUT2D eigenvalue weighted by Gasteiger charge is -2.45. The molecule has 0 radical (unpaired) electrons. The van der Waals surface area contributed by atoms with E-state index in [1.807, 2.05) is 0 Å². The van der Waals surface area contributed by atoms with Crippen molar-refractivity contribution < 1.29 is 39.6 Å². The summed E-state index contributed by atoms with van der Waals surface area (Å²) in [5.74, 6) is -6.72. The van der Waals surface area contributed by atoms with Gasteiger partial charge in [0.2, 0.25) is 5.78 Å². The molecule has 3 aliphatic carbocycles. The molecule has 6 N–H and O–H groups in total. The molecule has 0 fully saturated rings. The zero-order valence-corrected chi connectivity index (χ0v) is 19.2. The Hall–Kier alpha value is -4.24. The quantitative estimate of drug-likeness (QED) is 0.323. The van der Waals surface area contributed by atoms with E-state index in [0.29, 0.717) is 22.3 Å². The molecular weight excluding hydrogens is 466 g/mol. The second-order valence-electron chi connectivity index (χ2n) is 9.53. The maximum Gasteiger partial charge on any atom is 0.255 e. The molecule has 0 aliphatic heterocycles. The van der Waals surface area contributed by atoms with E-state index in [0.717, 1.165) is 0 Å². The molecule has 184 valence electrons. The summed E-state index contributed by atoms with van der Waals surface area (Å²) in [6.07, 6.45) is -0.0251. The van der Waals surface area contributed by atoms with Crippen LogP contribution >= 0.6 is 0 Å². The number of carbonyl (C=O) groups excluding carboxylic acids is 4. The first-order valence-corrected chi connectivity index (χ1v) is 11.4. The van der Waals surface area contributed by atoms with Crippen LogP contribution < -0.4 is 5.73 Å². The number of aliphatic hydroxyl groups excluding tert-OH is 2. The first-order chi connectivity index (χ1) is 17.0. The minimum atomic E-state index is -2.59. The van der Waals surface area contributed by atoms with Crippen molar-refractivity contribution in [2.45, 2.75) is 31.8 Å². The fourth-order valence-electron chi connectivity index (χ4n) is 5.77. The van der Waals surface area contributed by atoms with Gasteiger partial charge in [0.15, 0.2) is 17.2 Å². The third-order valence-electron chi connectivity index (χ3n) is 7.55. The zero-order valence-electron chi connectivity index (χ0n) is 19.2. The van der Waals surface area contributed by atoms with Gasteiger partial charge in [-0.15, -0.1) is 0 Å². The van der Waals surface area contributed by atoms with Gasteiger partial charge in [-0.25, -0.2) is 0 Å². The molecule has 0 saturated carbocycles. The molecule has 36 heavy (non-hydrogen) atoms. The Balaban J connectivity index is 1.65. The van der Waals surface area contributed by atoms with Gasteiger partial charge in [-0.2, -0.15) is 0 Å². The summed E-state index contributed by atoms with van der Waals surface area (Å²) in [7, 11) is 0. The number of aliphatic hydroxyl groups is 3. The summed E-state index contributed by atoms with van der Waals surface area (Å²) < 4.78 is 0. The molecule has 9 heteroatoms. The first-order valence-electron chi connectivity index (χ1n) is 11.4. The van der Waals surface area contributed by atoms with Crippen molar-refractivity contribution >= 4 is 23.3 Å². The number of ketones is 3. The first kappa shape index (κ1) is 23.5. The maximum atomic E-state index is 13.6. The van der Waals surface area contributed by atoms with Crippen LogP contribution in [0.5, 0.6) is 5.75 Å². The molecule has 9 nitrogen and oxygen atoms in total. The molecule has 0 bridgehead atoms. The number of hydrogen-bond donors (Lipinski definition) is 5. The molecule has 3 atom stereocenters. The number of carbonyl (C=O) groups is 4. The molecular formula is C27H23NO8. The summed E-state index contributed by atoms with van der Waals surface area (Å²) in [6, 6.07) is 9.82. The molecule has 0 spiro atoms. The van der Waals surface area contributed by atoms with Gasteiger partial charge in [-0.05, 0) is 48.4 Å². The van der Waals surface area contributed by atoms with Gasteiger partial charge in [-0.1, -0.05) is 30.3 Å². The van der Waals surface area contributed by atoms with Crippen molar-refractivity contribution in [1.82, 2.24) is 0 Å². The van der Waals surface area contributed by atoms with Crippen molar-refractivity contribution in [3.05, 3.63) is 75.8 Å². The zero-order chi connectivity index (χ0) is 26.1. The smallest absolute Gasteiger partial charge is 0.255 e. The van der Waals surface area contributed by atoms with Crippen molar-refractivity contribution in [2.24, 2.45) is 17.6 Å². The van der Waals surface area contributed by atoms with E-state index in [1.54, 1.807) is 30.3 Å². The van der Waals surface area contributed by atoms with Gasteiger partial charge in [0.25, 0.3) is 5.91 Å². The Morgan fingerprint density at radius 2 is 1.67 bits per heavy atom. The molecule has 2 aromatic rings. The molecule has 0 aromatic heterocycles. The minimum absolute atomic E-state index is 0.0558. The molecule has 2 aromatic carbocycles. The second-order valence-corrected chi connectivity index (χ2v) is 9.53. The Morgan fingerprint density at radius 1 is 1.00 bits per heavy atom. The third-order valence-corrected chi connectivity index (χ3v) is 7.55. The van der Waals surface area contributed by atoms with E-state index < -0.39 is 52.0 Å². The summed E-state index contributed by atoms with van der Waals surface area (Å²) in [4.78, 5) is 50.0. The number of nitrogens with two attached hydrogens (primary N) is 1. The Morgan fingerprint density at radius 3 is 2.28 bits per heavy atom. The highest BCUT2D eigenvalue weighted by molar-refractivity contribution is 6.24. The van der Waals surface area contributed by atoms with Crippen LogP contribution in [0.25, 0.3) is 11.1 Å². The average molecular weight is 489 g/mol. The van der Waals surface area contributed by atoms with Gasteiger partial charge in [-0.3, -0.25) is 19.2 Å². The summed E-state index contributed by atoms with van der Waals surface area (Å²) in [6.45, 7) is 1.45. The summed E-state index contributed by atoms with van der Waals surface area (Å²) in [5.41, 5.74) is 3.97. The van der Waals surface area contributed by atoms with E-state index in [-0.39, 0.29) is 41.9 Å². The number of primary amides is 1. The summed E-state index contributed by atoms with van der Waals surface area (Å²) >= 11 is 0. The van der Waals surface area contributed by atoms with Crippen LogP contribution in [0.15, 0.2) is 59.1 Å². The lowest BCUT2D eigenvalue weighted by Crippen LogP contribution is -2.57. The number of phenols is 1. The van der Waals surface area contributed by atoms with Crippen LogP contribution in [-0.4, -0.2) is 49.3 Å². The highest BCUT2D eigenvalue weighted by Gasteiger charge is 2.59. The molecule has 0 unspecified atom stereocenters. The number of allylic oxidation sites excluding steroid dienone is 2. The SMILES string of the molecule is CC(=O)c1ccc(-c2ccc(O)c3c2C[C@H]2C[C@H]4CC(O)=C(C(N)=O)C(=O)[C@@]4(O)C(O)=C2C3=O)cc1. The number of benzene rings is 2. The number of amides is 1. The van der Waals surface area contributed by atoms with E-state index in [2.05, 4.69) is 0 Å². The topological polar surface area (TPSA) is 175 Å². The Labute approximate surface area is 205 Å². The van der Waals surface area contributed by atoms with Crippen LogP contribution in [-0.2, 0) is 16.0 Å². The Bertz CT molecular complexity index is 1450. The molecule has 0 saturated heterocycles. The highest BCUT2D eigenvalue weighted by atomic mass is 16.3. The number of Topliss-reactive ketones (excluding diaryl/α,β-unsaturated/α-hetero) is 3. The normalized spacial score (nSPS) is 25.3. The van der Waals surface area contributed by atoms with Gasteiger partial charge in [0.1, 0.15) is 22.8 Å². The summed E-state index contributed by atoms with van der Waals surface area (Å²) in [5, 5.41) is 43.2. The number of fused-ring (bicyclic) bond motifs is 3. The van der Waals surface area contributed by atoms with Gasteiger partial charge in [0, 0.05) is 23.5 Å². The monoisotopic (exact) mass is 489 g/mol. The fourth-order valence-corrected chi connectivity index (χ4v) is 5.77. The average Bonchev–Trinajstić information content (AvgIpc) is 2.81. The van der Waals surface area contributed by atoms with Crippen LogP contribution in [0.1, 0.15) is 46.0 Å². The number of phenolic OH excluding ortho intramolecular Hbond substituents is 1. The second kappa shape index (κ2) is 7.89. The number of rotatable bonds is 3. The van der Waals surface area contributed by atoms with Crippen LogP contribution in [0.3, 0.4) is 0 Å². The molecule has 0 heterocycles. The molecule has 3 aliphatic rings. The number of aromatic hydroxyl groups is 1. The van der Waals surface area contributed by atoms with E-state index in [1.165, 1.54) is 13.0 Å². The molecule has 1 amide bonds. The van der Waals surface area contributed by atoms with Gasteiger partial charge < -0.3 is 26.2 Å².